The number of carbonyl (C=O) groups is 1. The van der Waals surface area contributed by atoms with Crippen LogP contribution >= 0.6 is 0 Å². The van der Waals surface area contributed by atoms with Crippen LogP contribution in [-0.4, -0.2) is 32.8 Å². The van der Waals surface area contributed by atoms with Crippen LogP contribution in [0.15, 0.2) is 29.4 Å². The van der Waals surface area contributed by atoms with Gasteiger partial charge in [0.25, 0.3) is 5.91 Å². The Bertz CT molecular complexity index is 941. The predicted octanol–water partition coefficient (Wildman–Crippen LogP) is 3.97. The molecule has 168 valence electrons. The van der Waals surface area contributed by atoms with Crippen LogP contribution in [0.4, 0.5) is 5.69 Å². The Hall–Kier alpha value is -1.89. The molecule has 1 N–H and O–H groups in total. The number of sulfonamides is 1. The number of hydrazone groups is 1. The minimum atomic E-state index is -3.58. The molecule has 0 saturated heterocycles. The molecule has 5 aliphatic carbocycles. The summed E-state index contributed by atoms with van der Waals surface area (Å²) in [6, 6.07) is 7.98. The van der Waals surface area contributed by atoms with Crippen molar-refractivity contribution in [3.05, 3.63) is 29.8 Å². The first-order chi connectivity index (χ1) is 14.8. The molecule has 5 saturated carbocycles. The molecule has 0 heterocycles. The van der Waals surface area contributed by atoms with Gasteiger partial charge in [-0.2, -0.15) is 5.10 Å². The molecule has 6 rings (SSSR count). The zero-order valence-electron chi connectivity index (χ0n) is 18.3. The number of anilines is 1. The van der Waals surface area contributed by atoms with Crippen molar-refractivity contribution in [2.75, 3.05) is 17.1 Å². The minimum Gasteiger partial charge on any atom is -0.271 e. The van der Waals surface area contributed by atoms with Crippen molar-refractivity contribution in [3.63, 3.8) is 0 Å². The highest BCUT2D eigenvalue weighted by molar-refractivity contribution is 7.92. The van der Waals surface area contributed by atoms with Crippen molar-refractivity contribution in [3.8, 4) is 0 Å². The van der Waals surface area contributed by atoms with Crippen molar-refractivity contribution >= 4 is 27.3 Å². The highest BCUT2D eigenvalue weighted by atomic mass is 32.2. The molecule has 5 aliphatic rings. The van der Waals surface area contributed by atoms with E-state index in [0.29, 0.717) is 5.69 Å². The molecule has 1 aromatic carbocycles. The van der Waals surface area contributed by atoms with Gasteiger partial charge in [-0.05, 0) is 105 Å². The van der Waals surface area contributed by atoms with E-state index in [1.54, 1.807) is 0 Å². The van der Waals surface area contributed by atoms with E-state index in [1.807, 2.05) is 12.1 Å². The van der Waals surface area contributed by atoms with E-state index in [0.717, 1.165) is 55.4 Å². The third kappa shape index (κ3) is 4.26. The molecule has 0 radical (unpaired) electrons. The van der Waals surface area contributed by atoms with Gasteiger partial charge in [-0.15, -0.1) is 0 Å². The van der Waals surface area contributed by atoms with Crippen LogP contribution in [0.5, 0.6) is 0 Å². The summed E-state index contributed by atoms with van der Waals surface area (Å²) in [5.74, 6) is 2.19. The van der Waals surface area contributed by atoms with Gasteiger partial charge in [-0.25, -0.2) is 13.8 Å². The average Bonchev–Trinajstić information content (AvgIpc) is 3.22. The van der Waals surface area contributed by atoms with E-state index in [9.17, 15) is 13.2 Å². The molecule has 0 atom stereocenters. The summed E-state index contributed by atoms with van der Waals surface area (Å²) < 4.78 is 26.1. The maximum Gasteiger partial charge on any atom is 0.260 e. The van der Waals surface area contributed by atoms with Crippen LogP contribution in [0.1, 0.15) is 69.8 Å². The van der Waals surface area contributed by atoms with Crippen LogP contribution < -0.4 is 9.73 Å². The zero-order chi connectivity index (χ0) is 21.6. The van der Waals surface area contributed by atoms with Gasteiger partial charge in [-0.3, -0.25) is 9.10 Å². The van der Waals surface area contributed by atoms with Crippen LogP contribution in [0.25, 0.3) is 0 Å². The molecule has 6 nitrogen and oxygen atoms in total. The van der Waals surface area contributed by atoms with Crippen molar-refractivity contribution in [1.82, 2.24) is 5.43 Å². The van der Waals surface area contributed by atoms with Gasteiger partial charge in [0.2, 0.25) is 10.0 Å². The van der Waals surface area contributed by atoms with Crippen molar-refractivity contribution in [1.29, 1.82) is 0 Å². The van der Waals surface area contributed by atoms with Gasteiger partial charge in [0.15, 0.2) is 0 Å². The third-order valence-electron chi connectivity index (χ3n) is 8.01. The van der Waals surface area contributed by atoms with Crippen LogP contribution in [0, 0.1) is 17.8 Å². The summed E-state index contributed by atoms with van der Waals surface area (Å²) in [6.45, 7) is -0.258. The highest BCUT2D eigenvalue weighted by Gasteiger charge is 2.51. The summed E-state index contributed by atoms with van der Waals surface area (Å²) in [6.07, 6.45) is 13.2. The second-order valence-electron chi connectivity index (χ2n) is 10.4. The Labute approximate surface area is 185 Å². The van der Waals surface area contributed by atoms with Crippen molar-refractivity contribution in [2.24, 2.45) is 22.9 Å². The van der Waals surface area contributed by atoms with E-state index >= 15 is 0 Å². The summed E-state index contributed by atoms with van der Waals surface area (Å²) in [5, 5.41) is 4.17. The Balaban J connectivity index is 1.32. The Morgan fingerprint density at radius 1 is 1.03 bits per heavy atom. The smallest absolute Gasteiger partial charge is 0.260 e. The molecular weight excluding hydrogens is 410 g/mol. The summed E-state index contributed by atoms with van der Waals surface area (Å²) >= 11 is 0. The van der Waals surface area contributed by atoms with Crippen molar-refractivity contribution < 1.29 is 13.2 Å². The normalized spacial score (nSPS) is 31.6. The second-order valence-corrected chi connectivity index (χ2v) is 12.3. The SMILES string of the molecule is CS(=O)(=O)N(CC(=O)NN=C1CCCC1)c1ccc(C23CC4CC(CC(C4)C2)C3)cc1. The van der Waals surface area contributed by atoms with Gasteiger partial charge in [0.05, 0.1) is 11.9 Å². The Kier molecular flexibility index (Phi) is 5.35. The highest BCUT2D eigenvalue weighted by Crippen LogP contribution is 2.60. The summed E-state index contributed by atoms with van der Waals surface area (Å²) in [4.78, 5) is 12.4. The maximum atomic E-state index is 12.4. The minimum absolute atomic E-state index is 0.258. The Morgan fingerprint density at radius 2 is 1.58 bits per heavy atom. The first-order valence-corrected chi connectivity index (χ1v) is 13.6. The van der Waals surface area contributed by atoms with E-state index in [1.165, 1.54) is 48.4 Å². The number of benzene rings is 1. The molecule has 1 aromatic rings. The van der Waals surface area contributed by atoms with Gasteiger partial charge in [0, 0.05) is 5.71 Å². The fourth-order valence-electron chi connectivity index (χ4n) is 7.05. The molecule has 1 amide bonds. The van der Waals surface area contributed by atoms with E-state index in [-0.39, 0.29) is 12.0 Å². The molecule has 0 unspecified atom stereocenters. The number of rotatable bonds is 6. The topological polar surface area (TPSA) is 78.8 Å². The van der Waals surface area contributed by atoms with Crippen LogP contribution in [0.3, 0.4) is 0 Å². The molecule has 4 bridgehead atoms. The number of carbonyl (C=O) groups excluding carboxylic acids is 1. The zero-order valence-corrected chi connectivity index (χ0v) is 19.2. The van der Waals surface area contributed by atoms with Crippen LogP contribution in [-0.2, 0) is 20.2 Å². The first-order valence-electron chi connectivity index (χ1n) is 11.7. The second kappa shape index (κ2) is 7.91. The number of nitrogens with one attached hydrogen (secondary N) is 1. The standard InChI is InChI=1S/C24H33N3O3S/c1-31(29,30)27(16-23(28)26-25-21-4-2-3-5-21)22-8-6-20(7-9-22)24-13-17-10-18(14-24)12-19(11-17)15-24/h6-9,17-19H,2-5,10-16H2,1H3,(H,26,28). The monoisotopic (exact) mass is 443 g/mol. The van der Waals surface area contributed by atoms with Gasteiger partial charge in [0.1, 0.15) is 6.54 Å². The summed E-state index contributed by atoms with van der Waals surface area (Å²) in [7, 11) is -3.58. The summed E-state index contributed by atoms with van der Waals surface area (Å²) in [5.41, 5.74) is 5.69. The van der Waals surface area contributed by atoms with Gasteiger partial charge < -0.3 is 0 Å². The third-order valence-corrected chi connectivity index (χ3v) is 9.15. The quantitative estimate of drug-likeness (QED) is 0.676. The molecule has 5 fully saturated rings. The lowest BCUT2D eigenvalue weighted by atomic mass is 9.48. The predicted molar refractivity (Wildman–Crippen MR) is 123 cm³/mol. The van der Waals surface area contributed by atoms with E-state index < -0.39 is 15.9 Å². The lowest BCUT2D eigenvalue weighted by Gasteiger charge is -2.57. The van der Waals surface area contributed by atoms with Crippen LogP contribution in [0.2, 0.25) is 0 Å². The molecule has 0 spiro atoms. The lowest BCUT2D eigenvalue weighted by molar-refractivity contribution is -0.119. The van der Waals surface area contributed by atoms with E-state index in [2.05, 4.69) is 22.7 Å². The largest absolute Gasteiger partial charge is 0.271 e. The fourth-order valence-corrected chi connectivity index (χ4v) is 7.90. The number of nitrogens with zero attached hydrogens (tertiary/aromatic N) is 2. The molecule has 31 heavy (non-hydrogen) atoms. The number of hydrogen-bond donors (Lipinski definition) is 1. The molecule has 0 aliphatic heterocycles. The van der Waals surface area contributed by atoms with Gasteiger partial charge in [-0.1, -0.05) is 12.1 Å². The van der Waals surface area contributed by atoms with Gasteiger partial charge >= 0.3 is 0 Å². The van der Waals surface area contributed by atoms with Crippen molar-refractivity contribution in [2.45, 2.75) is 69.6 Å². The fraction of sp³-hybridized carbons (Fsp3) is 0.667. The molecule has 7 heteroatoms. The first kappa shape index (κ1) is 21.0. The Morgan fingerprint density at radius 3 is 2.10 bits per heavy atom. The number of hydrogen-bond acceptors (Lipinski definition) is 4. The average molecular weight is 444 g/mol. The number of amides is 1. The molecule has 0 aromatic heterocycles. The van der Waals surface area contributed by atoms with E-state index in [4.69, 9.17) is 0 Å². The lowest BCUT2D eigenvalue weighted by Crippen LogP contribution is -2.48. The maximum absolute atomic E-state index is 12.4. The molecular formula is C24H33N3O3S.